The molecule has 0 radical (unpaired) electrons. The molecule has 1 rings (SSSR count). The molecule has 0 spiro atoms. The third-order valence-electron chi connectivity index (χ3n) is 3.04. The first kappa shape index (κ1) is 13.3. The Kier molecular flexibility index (Phi) is 6.97. The van der Waals surface area contributed by atoms with Gasteiger partial charge in [0.2, 0.25) is 0 Å². The highest BCUT2D eigenvalue weighted by atomic mass is 16.2. The van der Waals surface area contributed by atoms with Crippen molar-refractivity contribution < 1.29 is 4.79 Å². The van der Waals surface area contributed by atoms with E-state index in [4.69, 9.17) is 0 Å². The zero-order valence-corrected chi connectivity index (χ0v) is 10.3. The predicted molar refractivity (Wildman–Crippen MR) is 66.6 cm³/mol. The fraction of sp³-hybridized carbons (Fsp3) is 0.917. The zero-order chi connectivity index (χ0) is 11.6. The summed E-state index contributed by atoms with van der Waals surface area (Å²) in [6, 6.07) is 0.601. The summed E-state index contributed by atoms with van der Waals surface area (Å²) in [7, 11) is 0. The first-order valence-electron chi connectivity index (χ1n) is 6.58. The summed E-state index contributed by atoms with van der Waals surface area (Å²) in [6.45, 7) is 4.19. The predicted octanol–water partition coefficient (Wildman–Crippen LogP) is 1.62. The van der Waals surface area contributed by atoms with Crippen LogP contribution in [0, 0.1) is 0 Å². The number of nitrogens with one attached hydrogen (secondary N) is 3. The molecule has 3 N–H and O–H groups in total. The van der Waals surface area contributed by atoms with Gasteiger partial charge in [-0.1, -0.05) is 25.7 Å². The van der Waals surface area contributed by atoms with Gasteiger partial charge in [-0.25, -0.2) is 4.79 Å². The molecular weight excluding hydrogens is 202 g/mol. The van der Waals surface area contributed by atoms with E-state index in [0.717, 1.165) is 6.54 Å². The molecule has 1 aliphatic rings. The van der Waals surface area contributed by atoms with E-state index in [0.29, 0.717) is 19.1 Å². The number of carbonyl (C=O) groups excluding carboxylic acids is 1. The third kappa shape index (κ3) is 5.95. The van der Waals surface area contributed by atoms with Crippen molar-refractivity contribution in [2.24, 2.45) is 0 Å². The molecule has 0 aromatic rings. The Hall–Kier alpha value is -0.770. The molecule has 0 aliphatic heterocycles. The van der Waals surface area contributed by atoms with E-state index in [1.807, 2.05) is 6.92 Å². The largest absolute Gasteiger partial charge is 0.338 e. The summed E-state index contributed by atoms with van der Waals surface area (Å²) in [4.78, 5) is 11.1. The van der Waals surface area contributed by atoms with Crippen molar-refractivity contribution in [1.82, 2.24) is 16.0 Å². The number of urea groups is 1. The lowest BCUT2D eigenvalue weighted by molar-refractivity contribution is 0.241. The second-order valence-corrected chi connectivity index (χ2v) is 4.43. The van der Waals surface area contributed by atoms with Gasteiger partial charge in [0.05, 0.1) is 0 Å². The first-order valence-corrected chi connectivity index (χ1v) is 6.58. The van der Waals surface area contributed by atoms with E-state index in [1.165, 1.54) is 38.5 Å². The van der Waals surface area contributed by atoms with Gasteiger partial charge >= 0.3 is 6.03 Å². The Morgan fingerprint density at radius 2 is 1.75 bits per heavy atom. The average Bonchev–Trinajstić information content (AvgIpc) is 2.53. The molecule has 0 aromatic carbocycles. The topological polar surface area (TPSA) is 53.2 Å². The second-order valence-electron chi connectivity index (χ2n) is 4.43. The minimum Gasteiger partial charge on any atom is -0.338 e. The van der Waals surface area contributed by atoms with Crippen molar-refractivity contribution in [2.75, 3.05) is 19.6 Å². The van der Waals surface area contributed by atoms with Crippen LogP contribution in [0.4, 0.5) is 4.79 Å². The number of amides is 2. The molecule has 0 heterocycles. The van der Waals surface area contributed by atoms with Gasteiger partial charge in [0, 0.05) is 25.7 Å². The maximum Gasteiger partial charge on any atom is 0.314 e. The summed E-state index contributed by atoms with van der Waals surface area (Å²) in [6.07, 6.45) is 8.05. The fourth-order valence-electron chi connectivity index (χ4n) is 2.16. The van der Waals surface area contributed by atoms with E-state index in [2.05, 4.69) is 16.0 Å². The highest BCUT2D eigenvalue weighted by Gasteiger charge is 2.10. The van der Waals surface area contributed by atoms with Gasteiger partial charge in [0.25, 0.3) is 0 Å². The van der Waals surface area contributed by atoms with E-state index < -0.39 is 0 Å². The molecule has 1 fully saturated rings. The van der Waals surface area contributed by atoms with Crippen molar-refractivity contribution in [2.45, 2.75) is 51.5 Å². The van der Waals surface area contributed by atoms with Crippen molar-refractivity contribution in [3.8, 4) is 0 Å². The smallest absolute Gasteiger partial charge is 0.314 e. The van der Waals surface area contributed by atoms with Crippen LogP contribution >= 0.6 is 0 Å². The van der Waals surface area contributed by atoms with Gasteiger partial charge in [0.15, 0.2) is 0 Å². The summed E-state index contributed by atoms with van der Waals surface area (Å²) < 4.78 is 0. The minimum atomic E-state index is -0.0647. The molecule has 4 heteroatoms. The van der Waals surface area contributed by atoms with Crippen LogP contribution in [0.15, 0.2) is 0 Å². The maximum absolute atomic E-state index is 11.1. The van der Waals surface area contributed by atoms with Crippen LogP contribution < -0.4 is 16.0 Å². The Bertz CT molecular complexity index is 189. The molecule has 2 amide bonds. The average molecular weight is 227 g/mol. The van der Waals surface area contributed by atoms with Crippen molar-refractivity contribution >= 4 is 6.03 Å². The van der Waals surface area contributed by atoms with Crippen molar-refractivity contribution in [3.63, 3.8) is 0 Å². The van der Waals surface area contributed by atoms with Gasteiger partial charge in [-0.05, 0) is 19.8 Å². The van der Waals surface area contributed by atoms with Gasteiger partial charge in [-0.2, -0.15) is 0 Å². The van der Waals surface area contributed by atoms with Crippen LogP contribution in [0.2, 0.25) is 0 Å². The summed E-state index contributed by atoms with van der Waals surface area (Å²) in [5.41, 5.74) is 0. The van der Waals surface area contributed by atoms with Crippen LogP contribution in [-0.4, -0.2) is 31.7 Å². The SMILES string of the molecule is CCNC(=O)NCCNC1CCCCCC1. The van der Waals surface area contributed by atoms with Crippen LogP contribution in [0.1, 0.15) is 45.4 Å². The van der Waals surface area contributed by atoms with Gasteiger partial charge in [-0.15, -0.1) is 0 Å². The minimum absolute atomic E-state index is 0.0647. The Morgan fingerprint density at radius 1 is 1.06 bits per heavy atom. The van der Waals surface area contributed by atoms with E-state index in [9.17, 15) is 4.79 Å². The molecule has 0 unspecified atom stereocenters. The Labute approximate surface area is 98.6 Å². The third-order valence-corrected chi connectivity index (χ3v) is 3.04. The quantitative estimate of drug-likeness (QED) is 0.494. The molecule has 0 aromatic heterocycles. The summed E-state index contributed by atoms with van der Waals surface area (Å²) in [5.74, 6) is 0. The number of hydrogen-bond acceptors (Lipinski definition) is 2. The van der Waals surface area contributed by atoms with E-state index in [1.54, 1.807) is 0 Å². The lowest BCUT2D eigenvalue weighted by atomic mass is 10.1. The molecule has 0 bridgehead atoms. The molecule has 1 saturated carbocycles. The molecular formula is C12H25N3O. The normalized spacial score (nSPS) is 17.8. The maximum atomic E-state index is 11.1. The second kappa shape index (κ2) is 8.39. The van der Waals surface area contributed by atoms with E-state index in [-0.39, 0.29) is 6.03 Å². The number of carbonyl (C=O) groups is 1. The molecule has 94 valence electrons. The molecule has 4 nitrogen and oxygen atoms in total. The number of rotatable bonds is 5. The molecule has 16 heavy (non-hydrogen) atoms. The van der Waals surface area contributed by atoms with Crippen LogP contribution in [0.5, 0.6) is 0 Å². The Balaban J connectivity index is 1.99. The monoisotopic (exact) mass is 227 g/mol. The highest BCUT2D eigenvalue weighted by Crippen LogP contribution is 2.16. The van der Waals surface area contributed by atoms with Crippen LogP contribution in [0.3, 0.4) is 0 Å². The number of hydrogen-bond donors (Lipinski definition) is 3. The van der Waals surface area contributed by atoms with Gasteiger partial charge in [0.1, 0.15) is 0 Å². The molecule has 1 aliphatic carbocycles. The lowest BCUT2D eigenvalue weighted by Crippen LogP contribution is -2.41. The Morgan fingerprint density at radius 3 is 2.38 bits per heavy atom. The highest BCUT2D eigenvalue weighted by molar-refractivity contribution is 5.73. The van der Waals surface area contributed by atoms with Crippen molar-refractivity contribution in [1.29, 1.82) is 0 Å². The van der Waals surface area contributed by atoms with Crippen molar-refractivity contribution in [3.05, 3.63) is 0 Å². The van der Waals surface area contributed by atoms with Crippen LogP contribution in [-0.2, 0) is 0 Å². The lowest BCUT2D eigenvalue weighted by Gasteiger charge is -2.16. The molecule has 0 saturated heterocycles. The first-order chi connectivity index (χ1) is 7.83. The standard InChI is InChI=1S/C12H25N3O/c1-2-13-12(16)15-10-9-14-11-7-5-3-4-6-8-11/h11,14H,2-10H2,1H3,(H2,13,15,16). The fourth-order valence-corrected chi connectivity index (χ4v) is 2.16. The van der Waals surface area contributed by atoms with Gasteiger partial charge in [-0.3, -0.25) is 0 Å². The summed E-state index contributed by atoms with van der Waals surface area (Å²) >= 11 is 0. The van der Waals surface area contributed by atoms with E-state index >= 15 is 0 Å². The molecule has 0 atom stereocenters. The van der Waals surface area contributed by atoms with Gasteiger partial charge < -0.3 is 16.0 Å². The summed E-state index contributed by atoms with van der Waals surface area (Å²) in [5, 5.41) is 9.06. The van der Waals surface area contributed by atoms with Crippen LogP contribution in [0.25, 0.3) is 0 Å². The zero-order valence-electron chi connectivity index (χ0n) is 10.3.